The van der Waals surface area contributed by atoms with Crippen LogP contribution in [0.25, 0.3) is 0 Å². The Morgan fingerprint density at radius 1 is 0.833 bits per heavy atom. The van der Waals surface area contributed by atoms with Gasteiger partial charge in [-0.25, -0.2) is 0 Å². The number of hydrogen-bond donors (Lipinski definition) is 0. The molecule has 0 saturated carbocycles. The zero-order valence-corrected chi connectivity index (χ0v) is 11.1. The summed E-state index contributed by atoms with van der Waals surface area (Å²) >= 11 is 1.22. The average Bonchev–Trinajstić information content (AvgIpc) is 2.10. The molecule has 71 valence electrons. The average molecular weight is 276 g/mol. The van der Waals surface area contributed by atoms with Crippen LogP contribution in [0.3, 0.4) is 0 Å². The normalized spacial score (nSPS) is 10.5. The van der Waals surface area contributed by atoms with Crippen molar-refractivity contribution in [2.24, 2.45) is 0 Å². The van der Waals surface area contributed by atoms with Crippen molar-refractivity contribution in [3.05, 3.63) is 0 Å². The third kappa shape index (κ3) is 10.8. The zero-order valence-electron chi connectivity index (χ0n) is 8.27. The van der Waals surface area contributed by atoms with Crippen molar-refractivity contribution in [2.75, 3.05) is 6.61 Å². The maximum absolute atomic E-state index is 5.08. The molecule has 0 bridgehead atoms. The first kappa shape index (κ1) is 12.8. The van der Waals surface area contributed by atoms with Gasteiger partial charge in [-0.1, -0.05) is 0 Å². The van der Waals surface area contributed by atoms with Crippen LogP contribution in [0.15, 0.2) is 0 Å². The van der Waals surface area contributed by atoms with Crippen LogP contribution >= 0.6 is 0 Å². The molecule has 0 aliphatic carbocycles. The summed E-state index contributed by atoms with van der Waals surface area (Å²) in [5, 5.41) is 0. The van der Waals surface area contributed by atoms with Crippen molar-refractivity contribution in [3.8, 4) is 0 Å². The summed E-state index contributed by atoms with van der Waals surface area (Å²) in [4.78, 5) is 0. The quantitative estimate of drug-likeness (QED) is 0.464. The van der Waals surface area contributed by atoms with Gasteiger partial charge in [0.2, 0.25) is 0 Å². The molecule has 0 saturated heterocycles. The molecule has 0 fully saturated rings. The first-order valence-corrected chi connectivity index (χ1v) is 6.37. The molecular weight excluding hydrogens is 255 g/mol. The Labute approximate surface area is 90.9 Å². The molecular formula is C10H21OSn. The monoisotopic (exact) mass is 277 g/mol. The molecule has 0 aliphatic rings. The van der Waals surface area contributed by atoms with E-state index in [2.05, 4.69) is 6.92 Å². The Balaban J connectivity index is 2.73. The van der Waals surface area contributed by atoms with E-state index < -0.39 is 0 Å². The summed E-state index contributed by atoms with van der Waals surface area (Å²) in [7, 11) is 0. The van der Waals surface area contributed by atoms with Gasteiger partial charge in [0, 0.05) is 0 Å². The van der Waals surface area contributed by atoms with E-state index in [1.807, 2.05) is 0 Å². The Kier molecular flexibility index (Phi) is 12.5. The van der Waals surface area contributed by atoms with Crippen LogP contribution in [0.4, 0.5) is 0 Å². The molecule has 2 heteroatoms. The first-order valence-electron chi connectivity index (χ1n) is 5.20. The fraction of sp³-hybridized carbons (Fsp3) is 1.00. The second-order valence-corrected chi connectivity index (χ2v) is 4.15. The summed E-state index contributed by atoms with van der Waals surface area (Å²) in [5.74, 6) is 0. The molecule has 0 atom stereocenters. The molecule has 0 rings (SSSR count). The Morgan fingerprint density at radius 3 is 1.83 bits per heavy atom. The molecule has 0 N–H and O–H groups in total. The van der Waals surface area contributed by atoms with Gasteiger partial charge in [-0.2, -0.15) is 0 Å². The maximum atomic E-state index is 5.08. The van der Waals surface area contributed by atoms with Gasteiger partial charge in [-0.05, 0) is 0 Å². The van der Waals surface area contributed by atoms with Gasteiger partial charge in [0.25, 0.3) is 0 Å². The van der Waals surface area contributed by atoms with Gasteiger partial charge in [-0.3, -0.25) is 0 Å². The third-order valence-corrected chi connectivity index (χ3v) is 2.68. The molecule has 0 aromatic carbocycles. The van der Waals surface area contributed by atoms with Crippen molar-refractivity contribution in [2.45, 2.75) is 58.3 Å². The van der Waals surface area contributed by atoms with E-state index in [-0.39, 0.29) is 0 Å². The van der Waals surface area contributed by atoms with Crippen LogP contribution < -0.4 is 0 Å². The van der Waals surface area contributed by atoms with Crippen LogP contribution in [0.5, 0.6) is 0 Å². The van der Waals surface area contributed by atoms with E-state index in [9.17, 15) is 0 Å². The first-order chi connectivity index (χ1) is 5.91. The molecule has 1 nitrogen and oxygen atoms in total. The van der Waals surface area contributed by atoms with Crippen molar-refractivity contribution < 1.29 is 3.07 Å². The van der Waals surface area contributed by atoms with E-state index in [0.29, 0.717) is 0 Å². The standard InChI is InChI=1S/C10H21O.Sn/c1-2-3-4-5-6-7-8-9-10-11;/h2-10H2,1H3;/q-1;+1. The van der Waals surface area contributed by atoms with E-state index >= 15 is 0 Å². The second kappa shape index (κ2) is 11.8. The van der Waals surface area contributed by atoms with Crippen LogP contribution in [-0.2, 0) is 3.07 Å². The van der Waals surface area contributed by atoms with Gasteiger partial charge in [0.15, 0.2) is 0 Å². The molecule has 3 radical (unpaired) electrons. The Morgan fingerprint density at radius 2 is 1.33 bits per heavy atom. The van der Waals surface area contributed by atoms with E-state index in [1.54, 1.807) is 0 Å². The van der Waals surface area contributed by atoms with Crippen LogP contribution in [0.1, 0.15) is 58.3 Å². The molecule has 0 amide bonds. The molecule has 0 unspecified atom stereocenters. The predicted molar refractivity (Wildman–Crippen MR) is 54.3 cm³/mol. The molecule has 0 spiro atoms. The van der Waals surface area contributed by atoms with Gasteiger partial charge < -0.3 is 0 Å². The van der Waals surface area contributed by atoms with Gasteiger partial charge in [0.1, 0.15) is 0 Å². The number of rotatable bonds is 9. The van der Waals surface area contributed by atoms with Crippen molar-refractivity contribution in [3.63, 3.8) is 0 Å². The molecule has 0 aromatic rings. The SMILES string of the molecule is CCCCCCCCCC[O][Sn]. The second-order valence-electron chi connectivity index (χ2n) is 3.32. The van der Waals surface area contributed by atoms with E-state index in [4.69, 9.17) is 3.07 Å². The topological polar surface area (TPSA) is 9.23 Å². The van der Waals surface area contributed by atoms with Gasteiger partial charge in [-0.15, -0.1) is 0 Å². The van der Waals surface area contributed by atoms with Gasteiger partial charge in [0.05, 0.1) is 0 Å². The summed E-state index contributed by atoms with van der Waals surface area (Å²) in [6, 6.07) is 0. The summed E-state index contributed by atoms with van der Waals surface area (Å²) in [5.41, 5.74) is 0. The van der Waals surface area contributed by atoms with Crippen LogP contribution in [-0.4, -0.2) is 29.5 Å². The molecule has 12 heavy (non-hydrogen) atoms. The number of hydrogen-bond acceptors (Lipinski definition) is 1. The third-order valence-electron chi connectivity index (χ3n) is 2.10. The van der Waals surface area contributed by atoms with E-state index in [0.717, 1.165) is 6.61 Å². The molecule has 0 aromatic heterocycles. The molecule has 0 aliphatic heterocycles. The minimum atomic E-state index is 0.979. The molecule has 0 heterocycles. The van der Waals surface area contributed by atoms with Crippen molar-refractivity contribution >= 4 is 22.9 Å². The number of unbranched alkanes of at least 4 members (excludes halogenated alkanes) is 7. The fourth-order valence-corrected chi connectivity index (χ4v) is 1.72. The summed E-state index contributed by atoms with van der Waals surface area (Å²) in [6.07, 6.45) is 11.1. The van der Waals surface area contributed by atoms with Crippen molar-refractivity contribution in [1.82, 2.24) is 0 Å². The minimum absolute atomic E-state index is 0.979. The summed E-state index contributed by atoms with van der Waals surface area (Å²) < 4.78 is 5.08. The van der Waals surface area contributed by atoms with Crippen LogP contribution in [0, 0.1) is 0 Å². The van der Waals surface area contributed by atoms with E-state index in [1.165, 1.54) is 74.3 Å². The predicted octanol–water partition coefficient (Wildman–Crippen LogP) is 3.23. The fourth-order valence-electron chi connectivity index (χ4n) is 1.31. The van der Waals surface area contributed by atoms with Crippen molar-refractivity contribution in [1.29, 1.82) is 0 Å². The Bertz CT molecular complexity index is 66.2. The Hall–Kier alpha value is 0.759. The summed E-state index contributed by atoms with van der Waals surface area (Å²) in [6.45, 7) is 3.24. The van der Waals surface area contributed by atoms with Crippen LogP contribution in [0.2, 0.25) is 0 Å². The van der Waals surface area contributed by atoms with Gasteiger partial charge >= 0.3 is 90.9 Å². The zero-order chi connectivity index (χ0) is 9.07.